The van der Waals surface area contributed by atoms with E-state index in [0.717, 1.165) is 17.5 Å². The molecule has 1 aromatic carbocycles. The Labute approximate surface area is 95.6 Å². The second-order valence-corrected chi connectivity index (χ2v) is 4.63. The number of nitrogens with two attached hydrogens (primary N) is 1. The lowest BCUT2D eigenvalue weighted by Crippen LogP contribution is -2.38. The summed E-state index contributed by atoms with van der Waals surface area (Å²) >= 11 is 0. The van der Waals surface area contributed by atoms with Gasteiger partial charge >= 0.3 is 0 Å². The van der Waals surface area contributed by atoms with Crippen LogP contribution in [-0.2, 0) is 16.8 Å². The first-order chi connectivity index (χ1) is 7.59. The van der Waals surface area contributed by atoms with Crippen LogP contribution in [0.5, 0.6) is 0 Å². The average molecular weight is 223 g/mol. The number of hydrogen-bond acceptors (Lipinski definition) is 2. The molecule has 88 valence electrons. The predicted molar refractivity (Wildman–Crippen MR) is 61.7 cm³/mol. The molecule has 0 bridgehead atoms. The first-order valence-corrected chi connectivity index (χ1v) is 5.75. The van der Waals surface area contributed by atoms with Gasteiger partial charge in [0.1, 0.15) is 11.4 Å². The number of rotatable bonds is 3. The van der Waals surface area contributed by atoms with Crippen LogP contribution in [0.15, 0.2) is 18.2 Å². The molecule has 0 radical (unpaired) electrons. The number of hydrogen-bond donors (Lipinski definition) is 1. The summed E-state index contributed by atoms with van der Waals surface area (Å²) in [5, 5.41) is 0. The molecule has 1 atom stereocenters. The van der Waals surface area contributed by atoms with Crippen molar-refractivity contribution in [2.45, 2.75) is 38.4 Å². The van der Waals surface area contributed by atoms with Crippen molar-refractivity contribution in [2.24, 2.45) is 5.73 Å². The molecule has 0 saturated carbocycles. The van der Waals surface area contributed by atoms with Gasteiger partial charge < -0.3 is 10.5 Å². The van der Waals surface area contributed by atoms with Crippen molar-refractivity contribution in [2.75, 3.05) is 6.54 Å². The Balaban J connectivity index is 2.43. The molecule has 1 aromatic rings. The Morgan fingerprint density at radius 2 is 2.25 bits per heavy atom. The van der Waals surface area contributed by atoms with E-state index >= 15 is 0 Å². The molecule has 0 amide bonds. The van der Waals surface area contributed by atoms with Crippen LogP contribution in [0.1, 0.15) is 31.4 Å². The van der Waals surface area contributed by atoms with Crippen LogP contribution >= 0.6 is 0 Å². The highest BCUT2D eigenvalue weighted by atomic mass is 19.1. The van der Waals surface area contributed by atoms with Crippen molar-refractivity contribution in [3.8, 4) is 0 Å². The van der Waals surface area contributed by atoms with Crippen molar-refractivity contribution in [3.05, 3.63) is 35.1 Å². The van der Waals surface area contributed by atoms with Gasteiger partial charge in [-0.25, -0.2) is 4.39 Å². The van der Waals surface area contributed by atoms with E-state index < -0.39 is 5.60 Å². The second-order valence-electron chi connectivity index (χ2n) is 4.63. The summed E-state index contributed by atoms with van der Waals surface area (Å²) < 4.78 is 19.5. The summed E-state index contributed by atoms with van der Waals surface area (Å²) in [6, 6.07) is 5.16. The predicted octanol–water partition coefficient (Wildman–Crippen LogP) is 2.35. The molecular weight excluding hydrogens is 205 g/mol. The summed E-state index contributed by atoms with van der Waals surface area (Å²) in [7, 11) is 0. The van der Waals surface area contributed by atoms with Crippen LogP contribution in [0, 0.1) is 5.82 Å². The zero-order valence-electron chi connectivity index (χ0n) is 9.79. The van der Waals surface area contributed by atoms with Gasteiger partial charge in [0, 0.05) is 6.54 Å². The maximum atomic E-state index is 13.6. The minimum absolute atomic E-state index is 0.0952. The fourth-order valence-corrected chi connectivity index (χ4v) is 2.53. The van der Waals surface area contributed by atoms with E-state index in [-0.39, 0.29) is 11.9 Å². The number of ether oxygens (including phenoxy) is 1. The molecular formula is C13H18FNO. The van der Waals surface area contributed by atoms with E-state index in [9.17, 15) is 4.39 Å². The molecule has 0 heterocycles. The SMILES string of the molecule is CC(C)OC1(CN)CCc2c(F)cccc21. The smallest absolute Gasteiger partial charge is 0.126 e. The maximum absolute atomic E-state index is 13.6. The van der Waals surface area contributed by atoms with E-state index in [4.69, 9.17) is 10.5 Å². The molecule has 1 aliphatic rings. The molecule has 1 aliphatic carbocycles. The average Bonchev–Trinajstić information content (AvgIpc) is 2.59. The van der Waals surface area contributed by atoms with E-state index in [1.807, 2.05) is 19.9 Å². The van der Waals surface area contributed by atoms with Gasteiger partial charge in [0.05, 0.1) is 6.10 Å². The van der Waals surface area contributed by atoms with Crippen molar-refractivity contribution >= 4 is 0 Å². The first-order valence-electron chi connectivity index (χ1n) is 5.75. The Kier molecular flexibility index (Phi) is 3.00. The van der Waals surface area contributed by atoms with Gasteiger partial charge in [-0.3, -0.25) is 0 Å². The molecule has 0 spiro atoms. The topological polar surface area (TPSA) is 35.2 Å². The van der Waals surface area contributed by atoms with Crippen molar-refractivity contribution in [3.63, 3.8) is 0 Å². The summed E-state index contributed by atoms with van der Waals surface area (Å²) in [5.74, 6) is -0.139. The van der Waals surface area contributed by atoms with Gasteiger partial charge in [-0.1, -0.05) is 12.1 Å². The van der Waals surface area contributed by atoms with Crippen LogP contribution in [0.2, 0.25) is 0 Å². The molecule has 2 N–H and O–H groups in total. The highest BCUT2D eigenvalue weighted by Crippen LogP contribution is 2.41. The summed E-state index contributed by atoms with van der Waals surface area (Å²) in [6.45, 7) is 4.37. The number of benzene rings is 1. The van der Waals surface area contributed by atoms with Crippen LogP contribution in [0.4, 0.5) is 4.39 Å². The molecule has 16 heavy (non-hydrogen) atoms. The Morgan fingerprint density at radius 1 is 1.50 bits per heavy atom. The third kappa shape index (κ3) is 1.74. The van der Waals surface area contributed by atoms with Crippen molar-refractivity contribution in [1.82, 2.24) is 0 Å². The number of fused-ring (bicyclic) bond motifs is 1. The normalized spacial score (nSPS) is 23.8. The summed E-state index contributed by atoms with van der Waals surface area (Å²) in [5.41, 5.74) is 7.06. The van der Waals surface area contributed by atoms with Gasteiger partial charge in [-0.05, 0) is 43.9 Å². The summed E-state index contributed by atoms with van der Waals surface area (Å²) in [4.78, 5) is 0. The molecule has 0 saturated heterocycles. The minimum Gasteiger partial charge on any atom is -0.366 e. The van der Waals surface area contributed by atoms with Crippen molar-refractivity contribution < 1.29 is 9.13 Å². The largest absolute Gasteiger partial charge is 0.366 e. The quantitative estimate of drug-likeness (QED) is 0.853. The Bertz CT molecular complexity index is 392. The lowest BCUT2D eigenvalue weighted by atomic mass is 9.95. The van der Waals surface area contributed by atoms with Crippen molar-refractivity contribution in [1.29, 1.82) is 0 Å². The van der Waals surface area contributed by atoms with Crippen LogP contribution in [0.3, 0.4) is 0 Å². The van der Waals surface area contributed by atoms with E-state index in [0.29, 0.717) is 13.0 Å². The highest BCUT2D eigenvalue weighted by molar-refractivity contribution is 5.38. The second kappa shape index (κ2) is 4.15. The van der Waals surface area contributed by atoms with E-state index in [2.05, 4.69) is 0 Å². The Morgan fingerprint density at radius 3 is 2.88 bits per heavy atom. The lowest BCUT2D eigenvalue weighted by molar-refractivity contribution is -0.0780. The molecule has 0 fully saturated rings. The fraction of sp³-hybridized carbons (Fsp3) is 0.538. The van der Waals surface area contributed by atoms with Gasteiger partial charge in [0.25, 0.3) is 0 Å². The fourth-order valence-electron chi connectivity index (χ4n) is 2.53. The third-order valence-corrected chi connectivity index (χ3v) is 3.18. The van der Waals surface area contributed by atoms with Crippen LogP contribution < -0.4 is 5.73 Å². The lowest BCUT2D eigenvalue weighted by Gasteiger charge is -2.31. The van der Waals surface area contributed by atoms with Gasteiger partial charge in [-0.2, -0.15) is 0 Å². The number of halogens is 1. The van der Waals surface area contributed by atoms with Crippen LogP contribution in [0.25, 0.3) is 0 Å². The summed E-state index contributed by atoms with van der Waals surface area (Å²) in [6.07, 6.45) is 1.59. The maximum Gasteiger partial charge on any atom is 0.126 e. The monoisotopic (exact) mass is 223 g/mol. The zero-order chi connectivity index (χ0) is 11.8. The minimum atomic E-state index is -0.481. The Hall–Kier alpha value is -0.930. The van der Waals surface area contributed by atoms with Gasteiger partial charge in [0.15, 0.2) is 0 Å². The van der Waals surface area contributed by atoms with E-state index in [1.54, 1.807) is 6.07 Å². The molecule has 0 aromatic heterocycles. The van der Waals surface area contributed by atoms with Gasteiger partial charge in [0.2, 0.25) is 0 Å². The first kappa shape index (κ1) is 11.6. The zero-order valence-corrected chi connectivity index (χ0v) is 9.79. The third-order valence-electron chi connectivity index (χ3n) is 3.18. The standard InChI is InChI=1S/C13H18FNO/c1-9(2)16-13(8-15)7-6-10-11(13)4-3-5-12(10)14/h3-5,9H,6-8,15H2,1-2H3. The molecule has 2 nitrogen and oxygen atoms in total. The molecule has 0 aliphatic heterocycles. The molecule has 1 unspecified atom stereocenters. The van der Waals surface area contributed by atoms with Gasteiger partial charge in [-0.15, -0.1) is 0 Å². The highest BCUT2D eigenvalue weighted by Gasteiger charge is 2.40. The van der Waals surface area contributed by atoms with Crippen LogP contribution in [-0.4, -0.2) is 12.6 Å². The molecule has 2 rings (SSSR count). The molecule has 3 heteroatoms. The van der Waals surface area contributed by atoms with E-state index in [1.165, 1.54) is 6.07 Å².